The molecule has 0 fully saturated rings. The molecule has 0 aromatic carbocycles. The van der Waals surface area contributed by atoms with Gasteiger partial charge in [0.25, 0.3) is 10.1 Å². The van der Waals surface area contributed by atoms with Crippen molar-refractivity contribution in [3.63, 3.8) is 0 Å². The van der Waals surface area contributed by atoms with E-state index < -0.39 is 38.6 Å². The van der Waals surface area contributed by atoms with Crippen molar-refractivity contribution in [3.8, 4) is 0 Å². The first-order valence-corrected chi connectivity index (χ1v) is 7.78. The summed E-state index contributed by atoms with van der Waals surface area (Å²) in [4.78, 5) is 22.4. The molecule has 7 nitrogen and oxygen atoms in total. The summed E-state index contributed by atoms with van der Waals surface area (Å²) in [6.45, 7) is 4.64. The number of carboxylic acid groups (broad SMARTS) is 2. The third-order valence-corrected chi connectivity index (χ3v) is 5.44. The molecule has 118 valence electrons. The van der Waals surface area contributed by atoms with E-state index in [9.17, 15) is 27.7 Å². The lowest BCUT2D eigenvalue weighted by Crippen LogP contribution is -2.58. The molecule has 1 unspecified atom stereocenters. The van der Waals surface area contributed by atoms with Gasteiger partial charge in [-0.25, -0.2) is 0 Å². The topological polar surface area (TPSA) is 129 Å². The molecule has 0 aliphatic heterocycles. The minimum absolute atomic E-state index is 0.181. The van der Waals surface area contributed by atoms with Crippen LogP contribution in [0.4, 0.5) is 0 Å². The van der Waals surface area contributed by atoms with Crippen molar-refractivity contribution in [1.29, 1.82) is 0 Å². The van der Waals surface area contributed by atoms with Gasteiger partial charge >= 0.3 is 11.9 Å². The molecule has 8 heteroatoms. The number of hydrogen-bond acceptors (Lipinski definition) is 4. The molecule has 0 spiro atoms. The molecule has 0 saturated heterocycles. The van der Waals surface area contributed by atoms with Crippen molar-refractivity contribution in [2.24, 2.45) is 5.41 Å². The fourth-order valence-electron chi connectivity index (χ4n) is 2.39. The van der Waals surface area contributed by atoms with Crippen molar-refractivity contribution in [2.45, 2.75) is 57.6 Å². The van der Waals surface area contributed by atoms with E-state index in [2.05, 4.69) is 0 Å². The molecule has 0 aromatic rings. The molecule has 0 bridgehead atoms. The van der Waals surface area contributed by atoms with Crippen LogP contribution in [0.5, 0.6) is 0 Å². The second-order valence-electron chi connectivity index (χ2n) is 5.52. The highest BCUT2D eigenvalue weighted by Crippen LogP contribution is 2.44. The fraction of sp³-hybridized carbons (Fsp3) is 0.833. The molecular weight excluding hydrogens is 288 g/mol. The predicted molar refractivity (Wildman–Crippen MR) is 72.1 cm³/mol. The number of carboxylic acids is 2. The van der Waals surface area contributed by atoms with E-state index in [0.717, 1.165) is 12.8 Å². The highest BCUT2D eigenvalue weighted by atomic mass is 32.2. The molecular formula is C12H22O7S. The van der Waals surface area contributed by atoms with Gasteiger partial charge in [0.05, 0.1) is 6.42 Å². The zero-order valence-electron chi connectivity index (χ0n) is 11.9. The summed E-state index contributed by atoms with van der Waals surface area (Å²) in [6, 6.07) is 0. The van der Waals surface area contributed by atoms with Crippen molar-refractivity contribution in [2.75, 3.05) is 0 Å². The van der Waals surface area contributed by atoms with Crippen LogP contribution in [-0.4, -0.2) is 39.9 Å². The van der Waals surface area contributed by atoms with Gasteiger partial charge in [-0.1, -0.05) is 40.0 Å². The summed E-state index contributed by atoms with van der Waals surface area (Å²) in [6.07, 6.45) is 1.16. The summed E-state index contributed by atoms with van der Waals surface area (Å²) in [7, 11) is -5.10. The Morgan fingerprint density at radius 1 is 1.10 bits per heavy atom. The van der Waals surface area contributed by atoms with Crippen LogP contribution in [-0.2, 0) is 19.7 Å². The number of carbonyl (C=O) groups is 2. The predicted octanol–water partition coefficient (Wildman–Crippen LogP) is 1.78. The van der Waals surface area contributed by atoms with Crippen LogP contribution >= 0.6 is 0 Å². The summed E-state index contributed by atoms with van der Waals surface area (Å²) >= 11 is 0. The Kier molecular flexibility index (Phi) is 6.16. The van der Waals surface area contributed by atoms with E-state index in [1.54, 1.807) is 0 Å². The van der Waals surface area contributed by atoms with Crippen LogP contribution in [0.3, 0.4) is 0 Å². The Morgan fingerprint density at radius 2 is 1.60 bits per heavy atom. The van der Waals surface area contributed by atoms with Crippen LogP contribution in [0, 0.1) is 5.41 Å². The van der Waals surface area contributed by atoms with Crippen LogP contribution in [0.2, 0.25) is 0 Å². The molecule has 0 aliphatic carbocycles. The molecule has 0 aliphatic rings. The van der Waals surface area contributed by atoms with E-state index in [-0.39, 0.29) is 6.42 Å². The number of unbranched alkanes of at least 4 members (excludes halogenated alkanes) is 2. The first-order valence-electron chi connectivity index (χ1n) is 6.34. The van der Waals surface area contributed by atoms with Gasteiger partial charge in [0.1, 0.15) is 0 Å². The molecule has 3 N–H and O–H groups in total. The first-order chi connectivity index (χ1) is 8.92. The maximum Gasteiger partial charge on any atom is 0.328 e. The van der Waals surface area contributed by atoms with Crippen molar-refractivity contribution in [1.82, 2.24) is 0 Å². The Hall–Kier alpha value is -1.15. The second-order valence-corrected chi connectivity index (χ2v) is 7.17. The van der Waals surface area contributed by atoms with Crippen molar-refractivity contribution < 1.29 is 32.8 Å². The largest absolute Gasteiger partial charge is 0.481 e. The minimum Gasteiger partial charge on any atom is -0.481 e. The van der Waals surface area contributed by atoms with Gasteiger partial charge in [-0.2, -0.15) is 8.42 Å². The third kappa shape index (κ3) is 3.69. The smallest absolute Gasteiger partial charge is 0.328 e. The lowest BCUT2D eigenvalue weighted by Gasteiger charge is -2.40. The van der Waals surface area contributed by atoms with Crippen LogP contribution in [0.25, 0.3) is 0 Å². The van der Waals surface area contributed by atoms with Crippen LogP contribution in [0.15, 0.2) is 0 Å². The summed E-state index contributed by atoms with van der Waals surface area (Å²) < 4.78 is 29.9. The first kappa shape index (κ1) is 18.9. The van der Waals surface area contributed by atoms with E-state index in [4.69, 9.17) is 5.11 Å². The quantitative estimate of drug-likeness (QED) is 0.437. The maximum atomic E-state index is 11.6. The van der Waals surface area contributed by atoms with Crippen LogP contribution < -0.4 is 0 Å². The third-order valence-electron chi connectivity index (χ3n) is 3.68. The van der Waals surface area contributed by atoms with Crippen molar-refractivity contribution >= 4 is 22.1 Å². The Balaban J connectivity index is 5.84. The van der Waals surface area contributed by atoms with E-state index >= 15 is 0 Å². The molecule has 1 atom stereocenters. The standard InChI is InChI=1S/C12H22O7S/c1-4-5-6-7-11(2,3)12(10(15)16,8-9(13)14)20(17,18)19/h4-8H2,1-3H3,(H,13,14)(H,15,16)(H,17,18,19). The normalized spacial score (nSPS) is 15.6. The molecule has 0 radical (unpaired) electrons. The highest BCUT2D eigenvalue weighted by Gasteiger charge is 2.61. The average molecular weight is 310 g/mol. The van der Waals surface area contributed by atoms with Gasteiger partial charge in [0.2, 0.25) is 4.75 Å². The number of rotatable bonds is 9. The van der Waals surface area contributed by atoms with E-state index in [1.807, 2.05) is 6.92 Å². The highest BCUT2D eigenvalue weighted by molar-refractivity contribution is 7.88. The lowest BCUT2D eigenvalue weighted by atomic mass is 9.72. The lowest BCUT2D eigenvalue weighted by molar-refractivity contribution is -0.150. The fourth-order valence-corrected chi connectivity index (χ4v) is 3.71. The maximum absolute atomic E-state index is 11.6. The second kappa shape index (κ2) is 6.53. The Bertz CT molecular complexity index is 466. The Morgan fingerprint density at radius 3 is 1.90 bits per heavy atom. The molecule has 20 heavy (non-hydrogen) atoms. The zero-order valence-corrected chi connectivity index (χ0v) is 12.7. The number of hydrogen-bond donors (Lipinski definition) is 3. The van der Waals surface area contributed by atoms with Gasteiger partial charge in [0, 0.05) is 0 Å². The van der Waals surface area contributed by atoms with E-state index in [1.165, 1.54) is 13.8 Å². The summed E-state index contributed by atoms with van der Waals surface area (Å²) in [5.74, 6) is -3.43. The van der Waals surface area contributed by atoms with Crippen molar-refractivity contribution in [3.05, 3.63) is 0 Å². The molecule has 0 aromatic heterocycles. The average Bonchev–Trinajstić information content (AvgIpc) is 2.23. The number of aliphatic carboxylic acids is 2. The van der Waals surface area contributed by atoms with Gasteiger partial charge in [-0.15, -0.1) is 0 Å². The summed E-state index contributed by atoms with van der Waals surface area (Å²) in [5, 5.41) is 18.2. The van der Waals surface area contributed by atoms with Gasteiger partial charge in [-0.3, -0.25) is 14.1 Å². The zero-order chi connectivity index (χ0) is 16.2. The monoisotopic (exact) mass is 310 g/mol. The molecule has 0 amide bonds. The Labute approximate surface area is 118 Å². The summed E-state index contributed by atoms with van der Waals surface area (Å²) in [5.41, 5.74) is -1.42. The van der Waals surface area contributed by atoms with Crippen LogP contribution in [0.1, 0.15) is 52.9 Å². The van der Waals surface area contributed by atoms with E-state index in [0.29, 0.717) is 6.42 Å². The van der Waals surface area contributed by atoms with Gasteiger partial charge in [-0.05, 0) is 11.8 Å². The van der Waals surface area contributed by atoms with Gasteiger partial charge < -0.3 is 10.2 Å². The van der Waals surface area contributed by atoms with Gasteiger partial charge in [0.15, 0.2) is 0 Å². The molecule has 0 saturated carbocycles. The SMILES string of the molecule is CCCCCC(C)(C)C(CC(=O)O)(C(=O)O)S(=O)(=O)O. The minimum atomic E-state index is -5.10. The molecule has 0 heterocycles. The molecule has 0 rings (SSSR count).